The van der Waals surface area contributed by atoms with Gasteiger partial charge in [-0.1, -0.05) is 94.6 Å². The lowest BCUT2D eigenvalue weighted by molar-refractivity contribution is -0.384. The predicted octanol–water partition coefficient (Wildman–Crippen LogP) is 12.9. The Morgan fingerprint density at radius 2 is 1.61 bits per heavy atom. The third-order valence-corrected chi connectivity index (χ3v) is 24.2. The van der Waals surface area contributed by atoms with E-state index in [2.05, 4.69) is 81.2 Å². The molecule has 4 aliphatic heterocycles. The molecule has 0 bridgehead atoms. The summed E-state index contributed by atoms with van der Waals surface area (Å²) in [6.07, 6.45) is 12.8. The molecule has 4 saturated heterocycles. The van der Waals surface area contributed by atoms with Crippen molar-refractivity contribution < 1.29 is 37.6 Å². The van der Waals surface area contributed by atoms with E-state index in [4.69, 9.17) is 16.3 Å². The summed E-state index contributed by atoms with van der Waals surface area (Å²) in [5.74, 6) is -0.679. The number of aliphatic hydroxyl groups is 1. The number of nitrogens with one attached hydrogen (secondary N) is 5. The number of nitrogens with zero attached hydrogens (tertiary/aromatic N) is 8. The van der Waals surface area contributed by atoms with Gasteiger partial charge in [0.2, 0.25) is 11.8 Å². The molecule has 0 spiro atoms. The fraction of sp³-hybridized carbons (Fsp3) is 0.500. The van der Waals surface area contributed by atoms with Crippen molar-refractivity contribution in [1.29, 1.82) is 0 Å². The number of rotatable bonds is 26. The number of aromatic amines is 1. The quantitative estimate of drug-likeness (QED) is 0.0167. The number of hydrogen-bond donors (Lipinski definition) is 6. The van der Waals surface area contributed by atoms with Gasteiger partial charge in [-0.3, -0.25) is 29.4 Å². The van der Waals surface area contributed by atoms with Crippen molar-refractivity contribution in [2.24, 2.45) is 16.7 Å². The van der Waals surface area contributed by atoms with Crippen LogP contribution in [0.25, 0.3) is 27.0 Å². The molecule has 0 radical (unpaired) electrons. The van der Waals surface area contributed by atoms with Gasteiger partial charge in [0.25, 0.3) is 21.6 Å². The molecule has 4 fully saturated rings. The number of unbranched alkanes of at least 4 members (excludes halogenated alkanes) is 2. The Labute approximate surface area is 614 Å². The summed E-state index contributed by atoms with van der Waals surface area (Å²) in [6.45, 7) is 24.8. The summed E-state index contributed by atoms with van der Waals surface area (Å²) in [5, 5.41) is 34.9. The van der Waals surface area contributed by atoms with Crippen LogP contribution in [0.4, 0.5) is 17.1 Å². The average Bonchev–Trinajstić information content (AvgIpc) is 1.69. The number of allylic oxidation sites excluding steroid dienone is 1. The normalized spacial score (nSPS) is 19.7. The standard InChI is InChI=1S/C78H100ClN13O9S2/c1-51(54-11-13-56(14-12-54)71-52(2)84-50-102-71)85-75(95)69-43-62(93)49-91(69)76(96)72(77(3,4)5)80-30-9-8-10-32-87-33-27-60(28-34-87)89-35-25-53(26-36-89)46-82-67-22-20-64(44-68(67)92(97)98)103(99,100)86-74(94)65-21-19-61(42-70(65)101-63-41-57-24-31-81-73(57)83-47-63)90-39-37-88(38-40-90)48-58-23-29-78(6,7)45-66(58)55-15-17-59(79)18-16-55/h11-22,24,31,41-42,44,47,50-51,53,60,62,69,72,80,82,93H,8-10,23,25-30,32-40,43,45-46,48-49H2,1-7H3,(H,81,83)(H,85,95)(H,86,94)/t51-,62+,69-,72+/m0/s1. The number of hydrogen-bond acceptors (Lipinski definition) is 18. The van der Waals surface area contributed by atoms with Crippen LogP contribution in [0, 0.1) is 33.8 Å². The van der Waals surface area contributed by atoms with Gasteiger partial charge in [0.05, 0.1) is 55.8 Å². The van der Waals surface area contributed by atoms with Crippen molar-refractivity contribution in [3.8, 4) is 21.9 Å². The van der Waals surface area contributed by atoms with Crippen molar-refractivity contribution >= 4 is 84.4 Å². The van der Waals surface area contributed by atoms with Crippen molar-refractivity contribution in [2.75, 3.05) is 95.3 Å². The van der Waals surface area contributed by atoms with Crippen LogP contribution in [0.5, 0.6) is 11.5 Å². The Balaban J connectivity index is 0.581. The summed E-state index contributed by atoms with van der Waals surface area (Å²) >= 11 is 7.89. The molecule has 550 valence electrons. The van der Waals surface area contributed by atoms with Gasteiger partial charge in [0.15, 0.2) is 0 Å². The monoisotopic (exact) mass is 1460 g/mol. The number of H-pyrrole nitrogens is 1. The molecule has 1 aliphatic carbocycles. The van der Waals surface area contributed by atoms with E-state index in [1.165, 1.54) is 35.0 Å². The number of fused-ring (bicyclic) bond motifs is 1. The number of ether oxygens (including phenoxy) is 1. The van der Waals surface area contributed by atoms with Crippen LogP contribution in [0.15, 0.2) is 125 Å². The van der Waals surface area contributed by atoms with Crippen LogP contribution in [-0.2, 0) is 19.6 Å². The summed E-state index contributed by atoms with van der Waals surface area (Å²) in [6, 6.07) is 27.6. The van der Waals surface area contributed by atoms with Gasteiger partial charge in [0, 0.05) is 92.7 Å². The molecule has 7 aromatic rings. The van der Waals surface area contributed by atoms with Gasteiger partial charge in [-0.05, 0) is 198 Å². The number of aliphatic hydroxyl groups excluding tert-OH is 1. The van der Waals surface area contributed by atoms with Crippen LogP contribution in [0.2, 0.25) is 5.02 Å². The average molecular weight is 1460 g/mol. The van der Waals surface area contributed by atoms with Crippen molar-refractivity contribution in [2.45, 2.75) is 154 Å². The Bertz CT molecular complexity index is 4290. The molecule has 0 unspecified atom stereocenters. The first-order valence-electron chi connectivity index (χ1n) is 36.6. The minimum Gasteiger partial charge on any atom is -0.455 e. The number of β-amino-alcohol motifs (C(OH)–C–C–N with tert-alkyl or cyclic N) is 1. The number of piperidine rings is 2. The van der Waals surface area contributed by atoms with E-state index in [-0.39, 0.29) is 59.2 Å². The lowest BCUT2D eigenvalue weighted by Crippen LogP contribution is -2.56. The van der Waals surface area contributed by atoms with Gasteiger partial charge >= 0.3 is 0 Å². The van der Waals surface area contributed by atoms with Crippen molar-refractivity contribution in [3.05, 3.63) is 158 Å². The molecule has 22 nitrogen and oxygen atoms in total. The number of nitro benzene ring substituents is 1. The number of carbonyl (C=O) groups is 3. The molecule has 5 aliphatic rings. The second-order valence-corrected chi connectivity index (χ2v) is 33.7. The van der Waals surface area contributed by atoms with Crippen LogP contribution in [0.1, 0.15) is 145 Å². The highest BCUT2D eigenvalue weighted by Gasteiger charge is 2.44. The molecule has 7 heterocycles. The number of pyridine rings is 1. The molecular formula is C78H100ClN13O9S2. The molecular weight excluding hydrogens is 1360 g/mol. The Hall–Kier alpha value is -7.81. The van der Waals surface area contributed by atoms with E-state index >= 15 is 0 Å². The number of piperazine rings is 1. The number of amides is 3. The molecule has 12 rings (SSSR count). The molecule has 6 N–H and O–H groups in total. The SMILES string of the molecule is Cc1ncsc1-c1ccc([C@H](C)NC(=O)[C@@H]2C[C@@H](O)CN2C(=O)[C@@H](NCCCCCN2CCC(N3CCC(CNc4ccc(S(=O)(=O)NC(=O)c5ccc(N6CCN(CC7=C(c8ccc(Cl)cc8)CC(C)(C)CC7)CC6)cc5Oc5cnc6[nH]ccc6c5)cc4[N+](=O)[O-])CC3)CC2)C(C)(C)C)cc1. The van der Waals surface area contributed by atoms with Crippen LogP contribution in [-0.4, -0.2) is 180 Å². The number of aromatic nitrogens is 3. The number of aryl methyl sites for hydroxylation is 1. The van der Waals surface area contributed by atoms with Crippen LogP contribution >= 0.6 is 22.9 Å². The zero-order valence-corrected chi connectivity index (χ0v) is 62.8. The molecule has 3 aromatic heterocycles. The second-order valence-electron chi connectivity index (χ2n) is 30.7. The number of benzene rings is 4. The van der Waals surface area contributed by atoms with Gasteiger partial charge in [-0.2, -0.15) is 0 Å². The minimum absolute atomic E-state index is 0.0459. The highest BCUT2D eigenvalue weighted by molar-refractivity contribution is 7.90. The molecule has 4 atom stereocenters. The number of nitro groups is 1. The van der Waals surface area contributed by atoms with E-state index in [1.54, 1.807) is 46.7 Å². The Morgan fingerprint density at radius 3 is 2.32 bits per heavy atom. The van der Waals surface area contributed by atoms with E-state index in [0.717, 1.165) is 160 Å². The van der Waals surface area contributed by atoms with Gasteiger partial charge in [-0.15, -0.1) is 11.3 Å². The van der Waals surface area contributed by atoms with Crippen LogP contribution in [0.3, 0.4) is 0 Å². The van der Waals surface area contributed by atoms with Crippen molar-refractivity contribution in [1.82, 2.24) is 49.9 Å². The number of likely N-dealkylation sites (tertiary alicyclic amines) is 3. The number of halogens is 1. The zero-order valence-electron chi connectivity index (χ0n) is 60.4. The molecule has 4 aromatic carbocycles. The first kappa shape index (κ1) is 74.9. The highest BCUT2D eigenvalue weighted by atomic mass is 35.5. The first-order chi connectivity index (χ1) is 49.3. The fourth-order valence-electron chi connectivity index (χ4n) is 15.5. The fourth-order valence-corrected chi connectivity index (χ4v) is 17.4. The number of carbonyl (C=O) groups excluding carboxylic acids is 3. The summed E-state index contributed by atoms with van der Waals surface area (Å²) in [7, 11) is -4.63. The predicted molar refractivity (Wildman–Crippen MR) is 407 cm³/mol. The maximum absolute atomic E-state index is 14.3. The van der Waals surface area contributed by atoms with E-state index in [9.17, 15) is 38.0 Å². The van der Waals surface area contributed by atoms with Crippen molar-refractivity contribution in [3.63, 3.8) is 0 Å². The minimum atomic E-state index is -4.63. The number of sulfonamides is 1. The maximum atomic E-state index is 14.3. The third-order valence-electron chi connectivity index (χ3n) is 21.6. The Morgan fingerprint density at radius 1 is 0.874 bits per heavy atom. The lowest BCUT2D eigenvalue weighted by atomic mass is 9.72. The Kier molecular flexibility index (Phi) is 23.8. The highest BCUT2D eigenvalue weighted by Crippen LogP contribution is 2.44. The summed E-state index contributed by atoms with van der Waals surface area (Å²) in [5.41, 5.74) is 9.90. The van der Waals surface area contributed by atoms with E-state index < -0.39 is 55.0 Å². The maximum Gasteiger partial charge on any atom is 0.293 e. The van der Waals surface area contributed by atoms with Gasteiger partial charge in [0.1, 0.15) is 28.9 Å². The first-order valence-corrected chi connectivity index (χ1v) is 39.3. The molecule has 0 saturated carbocycles. The zero-order chi connectivity index (χ0) is 72.7. The molecule has 3 amide bonds. The van der Waals surface area contributed by atoms with Gasteiger partial charge in [-0.25, -0.2) is 23.1 Å². The number of anilines is 2. The second kappa shape index (κ2) is 32.7. The third kappa shape index (κ3) is 18.6. The molecule has 25 heteroatoms. The summed E-state index contributed by atoms with van der Waals surface area (Å²) in [4.78, 5) is 78.4. The van der Waals surface area contributed by atoms with Crippen LogP contribution < -0.4 is 30.3 Å². The number of thiazole rings is 1. The summed E-state index contributed by atoms with van der Waals surface area (Å²) < 4.78 is 36.8. The molecule has 103 heavy (non-hydrogen) atoms. The van der Waals surface area contributed by atoms with Gasteiger partial charge < -0.3 is 50.4 Å². The lowest BCUT2D eigenvalue weighted by Gasteiger charge is -2.42. The van der Waals surface area contributed by atoms with E-state index in [0.29, 0.717) is 43.6 Å². The topological polar surface area (TPSA) is 264 Å². The largest absolute Gasteiger partial charge is 0.455 e. The smallest absolute Gasteiger partial charge is 0.293 e. The van der Waals surface area contributed by atoms with E-state index in [1.807, 2.05) is 82.6 Å².